The van der Waals surface area contributed by atoms with E-state index in [2.05, 4.69) is 10.6 Å². The lowest BCUT2D eigenvalue weighted by molar-refractivity contribution is 0.249. The summed E-state index contributed by atoms with van der Waals surface area (Å²) in [5.74, 6) is -0.518. The van der Waals surface area contributed by atoms with Gasteiger partial charge in [-0.15, -0.1) is 0 Å². The van der Waals surface area contributed by atoms with E-state index in [1.54, 1.807) is 0 Å². The minimum absolute atomic E-state index is 0.0288. The van der Waals surface area contributed by atoms with Crippen molar-refractivity contribution < 1.29 is 9.18 Å². The Morgan fingerprint density at radius 1 is 1.20 bits per heavy atom. The minimum atomic E-state index is -0.518. The number of amides is 2. The smallest absolute Gasteiger partial charge is 0.319 e. The number of rotatable bonds is 3. The maximum Gasteiger partial charge on any atom is 0.319 e. The SMILES string of the molecule is CC(NC(=O)Nc1ccc(F)c(Cl)c1)c1ccccc1. The molecule has 2 amide bonds. The number of benzene rings is 2. The molecule has 2 N–H and O–H groups in total. The Bertz CT molecular complexity index is 604. The summed E-state index contributed by atoms with van der Waals surface area (Å²) in [7, 11) is 0. The second kappa shape index (κ2) is 6.39. The van der Waals surface area contributed by atoms with Gasteiger partial charge in [0.25, 0.3) is 0 Å². The van der Waals surface area contributed by atoms with Gasteiger partial charge in [-0.05, 0) is 30.7 Å². The van der Waals surface area contributed by atoms with Crippen LogP contribution in [0.4, 0.5) is 14.9 Å². The standard InChI is InChI=1S/C15H14ClFN2O/c1-10(11-5-3-2-4-6-11)18-15(20)19-12-7-8-14(17)13(16)9-12/h2-10H,1H3,(H2,18,19,20). The monoisotopic (exact) mass is 292 g/mol. The summed E-state index contributed by atoms with van der Waals surface area (Å²) in [4.78, 5) is 11.8. The van der Waals surface area contributed by atoms with Crippen molar-refractivity contribution in [2.24, 2.45) is 0 Å². The average Bonchev–Trinajstić information content (AvgIpc) is 2.44. The van der Waals surface area contributed by atoms with Crippen molar-refractivity contribution in [2.45, 2.75) is 13.0 Å². The van der Waals surface area contributed by atoms with Crippen LogP contribution in [0.3, 0.4) is 0 Å². The highest BCUT2D eigenvalue weighted by atomic mass is 35.5. The molecule has 0 bridgehead atoms. The van der Waals surface area contributed by atoms with Crippen molar-refractivity contribution >= 4 is 23.3 Å². The van der Waals surface area contributed by atoms with E-state index in [9.17, 15) is 9.18 Å². The van der Waals surface area contributed by atoms with Crippen LogP contribution in [0.1, 0.15) is 18.5 Å². The highest BCUT2D eigenvalue weighted by molar-refractivity contribution is 6.31. The predicted molar refractivity (Wildman–Crippen MR) is 78.4 cm³/mol. The molecule has 0 heterocycles. The van der Waals surface area contributed by atoms with E-state index in [0.29, 0.717) is 5.69 Å². The summed E-state index contributed by atoms with van der Waals surface area (Å²) in [5.41, 5.74) is 1.44. The Labute approximate surface area is 121 Å². The summed E-state index contributed by atoms with van der Waals surface area (Å²) in [5, 5.41) is 5.37. The first-order chi connectivity index (χ1) is 9.56. The quantitative estimate of drug-likeness (QED) is 0.867. The molecule has 0 radical (unpaired) electrons. The number of halogens is 2. The van der Waals surface area contributed by atoms with Gasteiger partial charge in [-0.2, -0.15) is 0 Å². The third-order valence-electron chi connectivity index (χ3n) is 2.82. The summed E-state index contributed by atoms with van der Waals surface area (Å²) in [6, 6.07) is 13.1. The zero-order valence-corrected chi connectivity index (χ0v) is 11.6. The number of nitrogens with one attached hydrogen (secondary N) is 2. The number of urea groups is 1. The second-order valence-corrected chi connectivity index (χ2v) is 4.77. The molecule has 2 rings (SSSR count). The molecule has 0 aliphatic rings. The van der Waals surface area contributed by atoms with E-state index in [4.69, 9.17) is 11.6 Å². The van der Waals surface area contributed by atoms with Gasteiger partial charge in [0.05, 0.1) is 11.1 Å². The van der Waals surface area contributed by atoms with Gasteiger partial charge in [-0.1, -0.05) is 41.9 Å². The molecule has 3 nitrogen and oxygen atoms in total. The molecular weight excluding hydrogens is 279 g/mol. The first-order valence-corrected chi connectivity index (χ1v) is 6.51. The average molecular weight is 293 g/mol. The number of hydrogen-bond donors (Lipinski definition) is 2. The van der Waals surface area contributed by atoms with Crippen LogP contribution in [0.15, 0.2) is 48.5 Å². The van der Waals surface area contributed by atoms with Gasteiger partial charge in [-0.3, -0.25) is 0 Å². The summed E-state index contributed by atoms with van der Waals surface area (Å²) in [6.07, 6.45) is 0. The van der Waals surface area contributed by atoms with E-state index >= 15 is 0 Å². The van der Waals surface area contributed by atoms with Crippen LogP contribution >= 0.6 is 11.6 Å². The van der Waals surface area contributed by atoms with Gasteiger partial charge in [0.2, 0.25) is 0 Å². The third-order valence-corrected chi connectivity index (χ3v) is 3.11. The fraction of sp³-hybridized carbons (Fsp3) is 0.133. The van der Waals surface area contributed by atoms with E-state index in [1.165, 1.54) is 18.2 Å². The van der Waals surface area contributed by atoms with Crippen molar-refractivity contribution in [1.29, 1.82) is 0 Å². The highest BCUT2D eigenvalue weighted by Crippen LogP contribution is 2.19. The molecule has 0 saturated carbocycles. The molecule has 0 saturated heterocycles. The zero-order chi connectivity index (χ0) is 14.5. The molecule has 20 heavy (non-hydrogen) atoms. The number of carbonyl (C=O) groups excluding carboxylic acids is 1. The van der Waals surface area contributed by atoms with Crippen molar-refractivity contribution in [3.05, 3.63) is 64.9 Å². The van der Waals surface area contributed by atoms with Crippen LogP contribution in [0.25, 0.3) is 0 Å². The van der Waals surface area contributed by atoms with Crippen LogP contribution in [-0.2, 0) is 0 Å². The lowest BCUT2D eigenvalue weighted by atomic mass is 10.1. The Morgan fingerprint density at radius 2 is 1.90 bits per heavy atom. The Kier molecular flexibility index (Phi) is 4.58. The van der Waals surface area contributed by atoms with Crippen LogP contribution in [-0.4, -0.2) is 6.03 Å². The highest BCUT2D eigenvalue weighted by Gasteiger charge is 2.09. The number of anilines is 1. The molecule has 0 fully saturated rings. The molecule has 0 aliphatic heterocycles. The Morgan fingerprint density at radius 3 is 2.55 bits per heavy atom. The van der Waals surface area contributed by atoms with Crippen molar-refractivity contribution in [3.8, 4) is 0 Å². The van der Waals surface area contributed by atoms with Crippen LogP contribution < -0.4 is 10.6 Å². The van der Waals surface area contributed by atoms with Gasteiger partial charge in [-0.25, -0.2) is 9.18 Å². The van der Waals surface area contributed by atoms with E-state index in [0.717, 1.165) is 5.56 Å². The molecule has 1 unspecified atom stereocenters. The molecular formula is C15H14ClFN2O. The normalized spacial score (nSPS) is 11.8. The fourth-order valence-electron chi connectivity index (χ4n) is 1.76. The maximum atomic E-state index is 13.0. The van der Waals surface area contributed by atoms with Gasteiger partial charge >= 0.3 is 6.03 Å². The number of carbonyl (C=O) groups is 1. The molecule has 0 aromatic heterocycles. The van der Waals surface area contributed by atoms with Gasteiger partial charge in [0.15, 0.2) is 0 Å². The molecule has 1 atom stereocenters. The third kappa shape index (κ3) is 3.71. The van der Waals surface area contributed by atoms with E-state index < -0.39 is 5.82 Å². The fourth-order valence-corrected chi connectivity index (χ4v) is 1.94. The summed E-state index contributed by atoms with van der Waals surface area (Å²) in [6.45, 7) is 1.88. The zero-order valence-electron chi connectivity index (χ0n) is 10.9. The molecule has 2 aromatic rings. The van der Waals surface area contributed by atoms with Crippen molar-refractivity contribution in [1.82, 2.24) is 5.32 Å². The minimum Gasteiger partial charge on any atom is -0.331 e. The Balaban J connectivity index is 1.97. The van der Waals surface area contributed by atoms with Gasteiger partial charge < -0.3 is 10.6 Å². The molecule has 0 spiro atoms. The van der Waals surface area contributed by atoms with Crippen LogP contribution in [0.2, 0.25) is 5.02 Å². The molecule has 2 aromatic carbocycles. The van der Waals surface area contributed by atoms with Crippen LogP contribution in [0, 0.1) is 5.82 Å². The lowest BCUT2D eigenvalue weighted by Gasteiger charge is -2.15. The van der Waals surface area contributed by atoms with Crippen molar-refractivity contribution in [3.63, 3.8) is 0 Å². The van der Waals surface area contributed by atoms with Crippen LogP contribution in [0.5, 0.6) is 0 Å². The van der Waals surface area contributed by atoms with E-state index in [-0.39, 0.29) is 17.1 Å². The maximum absolute atomic E-state index is 13.0. The molecule has 104 valence electrons. The van der Waals surface area contributed by atoms with E-state index in [1.807, 2.05) is 37.3 Å². The topological polar surface area (TPSA) is 41.1 Å². The number of hydrogen-bond acceptors (Lipinski definition) is 1. The second-order valence-electron chi connectivity index (χ2n) is 4.36. The summed E-state index contributed by atoms with van der Waals surface area (Å²) < 4.78 is 13.0. The summed E-state index contributed by atoms with van der Waals surface area (Å²) >= 11 is 5.65. The predicted octanol–water partition coefficient (Wildman–Crippen LogP) is 4.36. The Hall–Kier alpha value is -2.07. The lowest BCUT2D eigenvalue weighted by Crippen LogP contribution is -2.31. The van der Waals surface area contributed by atoms with Gasteiger partial charge in [0, 0.05) is 5.69 Å². The van der Waals surface area contributed by atoms with Crippen molar-refractivity contribution in [2.75, 3.05) is 5.32 Å². The molecule has 0 aliphatic carbocycles. The largest absolute Gasteiger partial charge is 0.331 e. The van der Waals surface area contributed by atoms with Gasteiger partial charge in [0.1, 0.15) is 5.82 Å². The molecule has 5 heteroatoms. The first-order valence-electron chi connectivity index (χ1n) is 6.14. The first kappa shape index (κ1) is 14.3.